The molecule has 0 aliphatic rings. The van der Waals surface area contributed by atoms with Gasteiger partial charge < -0.3 is 5.11 Å². The minimum absolute atomic E-state index is 0.135. The minimum Gasteiger partial charge on any atom is -0.476 e. The number of hydrogen-bond acceptors (Lipinski definition) is 3. The van der Waals surface area contributed by atoms with Crippen molar-refractivity contribution >= 4 is 21.9 Å². The first-order chi connectivity index (χ1) is 7.29. The highest BCUT2D eigenvalue weighted by molar-refractivity contribution is 9.10. The number of aromatic nitrogens is 2. The second kappa shape index (κ2) is 4.77. The second-order valence-corrected chi connectivity index (χ2v) is 3.76. The molecule has 0 aliphatic heterocycles. The van der Waals surface area contributed by atoms with Crippen LogP contribution in [0.15, 0.2) is 10.7 Å². The number of aryl methyl sites for hydroxylation is 1. The van der Waals surface area contributed by atoms with Crippen molar-refractivity contribution in [2.75, 3.05) is 0 Å². The SMILES string of the molecule is O=C(O)c1nc(CCC(F)(F)F)ncc1Br. The normalized spacial score (nSPS) is 11.5. The molecule has 0 saturated carbocycles. The third kappa shape index (κ3) is 3.76. The first kappa shape index (κ1) is 12.9. The summed E-state index contributed by atoms with van der Waals surface area (Å²) in [6, 6.07) is 0. The lowest BCUT2D eigenvalue weighted by Gasteiger charge is -2.05. The molecular weight excluding hydrogens is 293 g/mol. The van der Waals surface area contributed by atoms with Crippen LogP contribution in [0.25, 0.3) is 0 Å². The maximum absolute atomic E-state index is 11.9. The summed E-state index contributed by atoms with van der Waals surface area (Å²) in [5.41, 5.74) is -0.341. The van der Waals surface area contributed by atoms with E-state index in [4.69, 9.17) is 5.11 Å². The number of nitrogens with zero attached hydrogens (tertiary/aromatic N) is 2. The molecule has 16 heavy (non-hydrogen) atoms. The Bertz CT molecular complexity index is 409. The lowest BCUT2D eigenvalue weighted by atomic mass is 10.3. The Hall–Kier alpha value is -1.18. The fourth-order valence-electron chi connectivity index (χ4n) is 0.928. The van der Waals surface area contributed by atoms with Crippen LogP contribution in [0.5, 0.6) is 0 Å². The predicted octanol–water partition coefficient (Wildman–Crippen LogP) is 2.43. The molecule has 0 atom stereocenters. The van der Waals surface area contributed by atoms with E-state index >= 15 is 0 Å². The highest BCUT2D eigenvalue weighted by atomic mass is 79.9. The van der Waals surface area contributed by atoms with Gasteiger partial charge in [-0.25, -0.2) is 14.8 Å². The summed E-state index contributed by atoms with van der Waals surface area (Å²) in [7, 11) is 0. The van der Waals surface area contributed by atoms with Crippen molar-refractivity contribution in [2.45, 2.75) is 19.0 Å². The number of carbonyl (C=O) groups is 1. The van der Waals surface area contributed by atoms with Gasteiger partial charge in [0, 0.05) is 12.6 Å². The van der Waals surface area contributed by atoms with Crippen molar-refractivity contribution in [3.63, 3.8) is 0 Å². The van der Waals surface area contributed by atoms with Gasteiger partial charge in [0.2, 0.25) is 0 Å². The van der Waals surface area contributed by atoms with Crippen LogP contribution < -0.4 is 0 Å². The predicted molar refractivity (Wildman–Crippen MR) is 51.1 cm³/mol. The zero-order valence-electron chi connectivity index (χ0n) is 7.75. The van der Waals surface area contributed by atoms with E-state index in [2.05, 4.69) is 25.9 Å². The Morgan fingerprint density at radius 2 is 2.12 bits per heavy atom. The molecule has 1 aromatic heterocycles. The molecule has 0 aliphatic carbocycles. The van der Waals surface area contributed by atoms with Gasteiger partial charge >= 0.3 is 12.1 Å². The van der Waals surface area contributed by atoms with E-state index in [1.807, 2.05) is 0 Å². The standard InChI is InChI=1S/C8H6BrF3N2O2/c9-4-3-13-5(1-2-8(10,11)12)14-6(4)7(15)16/h3H,1-2H2,(H,15,16). The molecule has 0 fully saturated rings. The Morgan fingerprint density at radius 3 is 2.62 bits per heavy atom. The molecule has 88 valence electrons. The van der Waals surface area contributed by atoms with E-state index in [9.17, 15) is 18.0 Å². The van der Waals surface area contributed by atoms with Gasteiger partial charge in [0.15, 0.2) is 5.69 Å². The maximum Gasteiger partial charge on any atom is 0.389 e. The smallest absolute Gasteiger partial charge is 0.389 e. The molecule has 0 radical (unpaired) electrons. The van der Waals surface area contributed by atoms with Crippen LogP contribution in [0.2, 0.25) is 0 Å². The fraction of sp³-hybridized carbons (Fsp3) is 0.375. The van der Waals surface area contributed by atoms with Gasteiger partial charge in [-0.15, -0.1) is 0 Å². The Morgan fingerprint density at radius 1 is 1.50 bits per heavy atom. The largest absolute Gasteiger partial charge is 0.476 e. The van der Waals surface area contributed by atoms with E-state index in [-0.39, 0.29) is 16.0 Å². The Balaban J connectivity index is 2.83. The molecule has 0 amide bonds. The second-order valence-electron chi connectivity index (χ2n) is 2.90. The summed E-state index contributed by atoms with van der Waals surface area (Å²) in [5.74, 6) is -1.46. The van der Waals surface area contributed by atoms with Crippen LogP contribution in [0.1, 0.15) is 22.7 Å². The highest BCUT2D eigenvalue weighted by Crippen LogP contribution is 2.21. The van der Waals surface area contributed by atoms with Gasteiger partial charge in [-0.05, 0) is 15.9 Å². The van der Waals surface area contributed by atoms with Gasteiger partial charge in [0.1, 0.15) is 5.82 Å². The first-order valence-electron chi connectivity index (χ1n) is 4.11. The third-order valence-corrected chi connectivity index (χ3v) is 2.21. The van der Waals surface area contributed by atoms with Crippen molar-refractivity contribution in [1.82, 2.24) is 9.97 Å². The van der Waals surface area contributed by atoms with Crippen molar-refractivity contribution in [3.8, 4) is 0 Å². The quantitative estimate of drug-likeness (QED) is 0.931. The number of aromatic carboxylic acids is 1. The lowest BCUT2D eigenvalue weighted by molar-refractivity contribution is -0.134. The van der Waals surface area contributed by atoms with Crippen molar-refractivity contribution in [3.05, 3.63) is 22.2 Å². The van der Waals surface area contributed by atoms with Gasteiger partial charge in [0.05, 0.1) is 10.9 Å². The Kier molecular flexibility index (Phi) is 3.84. The summed E-state index contributed by atoms with van der Waals surface area (Å²) >= 11 is 2.89. The van der Waals surface area contributed by atoms with Crippen molar-refractivity contribution in [1.29, 1.82) is 0 Å². The van der Waals surface area contributed by atoms with Gasteiger partial charge in [0.25, 0.3) is 0 Å². The number of carboxylic acid groups (broad SMARTS) is 1. The zero-order chi connectivity index (χ0) is 12.3. The fourth-order valence-corrected chi connectivity index (χ4v) is 1.29. The van der Waals surface area contributed by atoms with Crippen LogP contribution in [0.3, 0.4) is 0 Å². The summed E-state index contributed by atoms with van der Waals surface area (Å²) in [5, 5.41) is 8.68. The molecule has 0 spiro atoms. The van der Waals surface area contributed by atoms with Gasteiger partial charge in [-0.2, -0.15) is 13.2 Å². The van der Waals surface area contributed by atoms with E-state index in [1.165, 1.54) is 0 Å². The molecule has 0 bridgehead atoms. The summed E-state index contributed by atoms with van der Waals surface area (Å²) in [4.78, 5) is 17.8. The topological polar surface area (TPSA) is 63.1 Å². The maximum atomic E-state index is 11.9. The molecule has 1 rings (SSSR count). The van der Waals surface area contributed by atoms with Crippen molar-refractivity contribution < 1.29 is 23.1 Å². The zero-order valence-corrected chi connectivity index (χ0v) is 9.34. The minimum atomic E-state index is -4.31. The number of alkyl halides is 3. The summed E-state index contributed by atoms with van der Waals surface area (Å²) in [6.07, 6.45) is -4.69. The number of halogens is 4. The lowest BCUT2D eigenvalue weighted by Crippen LogP contribution is -2.12. The number of carboxylic acids is 1. The molecule has 1 N–H and O–H groups in total. The van der Waals surface area contributed by atoms with E-state index in [1.54, 1.807) is 0 Å². The molecule has 0 saturated heterocycles. The highest BCUT2D eigenvalue weighted by Gasteiger charge is 2.27. The molecule has 1 heterocycles. The molecule has 8 heteroatoms. The van der Waals surface area contributed by atoms with Crippen LogP contribution in [-0.4, -0.2) is 27.2 Å². The van der Waals surface area contributed by atoms with Crippen LogP contribution in [-0.2, 0) is 6.42 Å². The van der Waals surface area contributed by atoms with E-state index < -0.39 is 25.0 Å². The average Bonchev–Trinajstić information content (AvgIpc) is 2.14. The van der Waals surface area contributed by atoms with Gasteiger partial charge in [-0.3, -0.25) is 0 Å². The Labute approximate surface area is 96.7 Å². The van der Waals surface area contributed by atoms with Crippen molar-refractivity contribution in [2.24, 2.45) is 0 Å². The molecular formula is C8H6BrF3N2O2. The van der Waals surface area contributed by atoms with Crippen LogP contribution in [0, 0.1) is 0 Å². The van der Waals surface area contributed by atoms with Gasteiger partial charge in [-0.1, -0.05) is 0 Å². The summed E-state index contributed by atoms with van der Waals surface area (Å²) < 4.78 is 35.8. The molecule has 1 aromatic rings. The third-order valence-electron chi connectivity index (χ3n) is 1.63. The molecule has 0 aromatic carbocycles. The average molecular weight is 299 g/mol. The first-order valence-corrected chi connectivity index (χ1v) is 4.90. The van der Waals surface area contributed by atoms with E-state index in [0.29, 0.717) is 0 Å². The van der Waals surface area contributed by atoms with Crippen LogP contribution >= 0.6 is 15.9 Å². The number of hydrogen-bond donors (Lipinski definition) is 1. The summed E-state index contributed by atoms with van der Waals surface area (Å²) in [6.45, 7) is 0. The van der Waals surface area contributed by atoms with Crippen LogP contribution in [0.4, 0.5) is 13.2 Å². The molecule has 0 unspecified atom stereocenters. The van der Waals surface area contributed by atoms with E-state index in [0.717, 1.165) is 6.20 Å². The number of rotatable bonds is 3. The monoisotopic (exact) mass is 298 g/mol. The molecule has 4 nitrogen and oxygen atoms in total.